The van der Waals surface area contributed by atoms with Crippen molar-refractivity contribution in [2.24, 2.45) is 5.73 Å². The Labute approximate surface area is 135 Å². The van der Waals surface area contributed by atoms with E-state index in [9.17, 15) is 13.7 Å². The first-order valence-electron chi connectivity index (χ1n) is 6.75. The lowest BCUT2D eigenvalue weighted by atomic mass is 9.95. The van der Waals surface area contributed by atoms with Gasteiger partial charge in [0.15, 0.2) is 10.9 Å². The number of nitrogens with zero attached hydrogens (tertiary/aromatic N) is 1. The minimum absolute atomic E-state index is 0.0714. The Balaban J connectivity index is 2.47. The van der Waals surface area contributed by atoms with Crippen molar-refractivity contribution >= 4 is 22.6 Å². The average Bonchev–Trinajstić information content (AvgIpc) is 2.76. The lowest BCUT2D eigenvalue weighted by molar-refractivity contribution is -0.0895. The topological polar surface area (TPSA) is 97.5 Å². The van der Waals surface area contributed by atoms with Gasteiger partial charge in [0, 0.05) is 10.8 Å². The molecule has 1 aromatic rings. The number of aliphatic hydroxyl groups is 1. The molecule has 9 heteroatoms. The number of rotatable bonds is 5. The summed E-state index contributed by atoms with van der Waals surface area (Å²) in [6.45, 7) is 4.89. The van der Waals surface area contributed by atoms with E-state index in [0.717, 1.165) is 0 Å². The quantitative estimate of drug-likeness (QED) is 0.690. The molecule has 0 aromatic carbocycles. The molecule has 2 heterocycles. The molecule has 0 bridgehead atoms. The summed E-state index contributed by atoms with van der Waals surface area (Å²) >= 11 is 6.01. The molecule has 0 saturated carbocycles. The Kier molecular flexibility index (Phi) is 4.79. The number of ether oxygens (including phenoxy) is 1. The standard InChI is InChI=1S/C13H19ClFN3O3S/c1-7(2)22(20)18-12(3)6-21-10-8(12)4-9(17-11(10)14)13(15,19)5-16/h4,7,18-19H,5-6,16H2,1-3H3. The molecule has 4 N–H and O–H groups in total. The van der Waals surface area contributed by atoms with Gasteiger partial charge in [0.25, 0.3) is 5.85 Å². The van der Waals surface area contributed by atoms with Crippen molar-refractivity contribution in [2.75, 3.05) is 13.2 Å². The molecule has 1 aliphatic heterocycles. The number of pyridine rings is 1. The van der Waals surface area contributed by atoms with Crippen LogP contribution in [0.25, 0.3) is 0 Å². The van der Waals surface area contributed by atoms with Gasteiger partial charge in [0.2, 0.25) is 0 Å². The number of hydrogen-bond acceptors (Lipinski definition) is 5. The van der Waals surface area contributed by atoms with Gasteiger partial charge in [-0.3, -0.25) is 0 Å². The smallest absolute Gasteiger partial charge is 0.262 e. The fourth-order valence-electron chi connectivity index (χ4n) is 2.07. The van der Waals surface area contributed by atoms with Gasteiger partial charge in [0.1, 0.15) is 12.3 Å². The highest BCUT2D eigenvalue weighted by Crippen LogP contribution is 2.42. The Morgan fingerprint density at radius 3 is 2.91 bits per heavy atom. The fraction of sp³-hybridized carbons (Fsp3) is 0.615. The van der Waals surface area contributed by atoms with Crippen molar-refractivity contribution in [3.63, 3.8) is 0 Å². The molecule has 3 unspecified atom stereocenters. The summed E-state index contributed by atoms with van der Waals surface area (Å²) in [7, 11) is -1.32. The van der Waals surface area contributed by atoms with E-state index < -0.39 is 28.9 Å². The predicted molar refractivity (Wildman–Crippen MR) is 82.6 cm³/mol. The van der Waals surface area contributed by atoms with Gasteiger partial charge in [-0.25, -0.2) is 18.3 Å². The van der Waals surface area contributed by atoms with E-state index >= 15 is 0 Å². The Morgan fingerprint density at radius 2 is 2.36 bits per heavy atom. The largest absolute Gasteiger partial charge is 0.488 e. The molecular formula is C13H19ClFN3O3S. The second-order valence-corrected chi connectivity index (χ2v) is 7.81. The van der Waals surface area contributed by atoms with Gasteiger partial charge >= 0.3 is 0 Å². The molecule has 3 atom stereocenters. The number of hydrogen-bond donors (Lipinski definition) is 3. The maximum absolute atomic E-state index is 14.0. The SMILES string of the molecule is CC(C)S(=O)NC1(C)COc2c1cc(C(O)(F)CN)nc2Cl. The van der Waals surface area contributed by atoms with Crippen molar-refractivity contribution in [3.8, 4) is 5.75 Å². The molecule has 1 aliphatic rings. The second-order valence-electron chi connectivity index (χ2n) is 5.71. The summed E-state index contributed by atoms with van der Waals surface area (Å²) in [4.78, 5) is 3.80. The van der Waals surface area contributed by atoms with Crippen molar-refractivity contribution in [3.05, 3.63) is 22.5 Å². The van der Waals surface area contributed by atoms with Crippen molar-refractivity contribution in [2.45, 2.75) is 37.4 Å². The van der Waals surface area contributed by atoms with Gasteiger partial charge in [-0.05, 0) is 26.8 Å². The minimum atomic E-state index is -2.79. The molecule has 0 aliphatic carbocycles. The van der Waals surface area contributed by atoms with Crippen LogP contribution in [0.5, 0.6) is 5.75 Å². The molecule has 6 nitrogen and oxygen atoms in total. The Morgan fingerprint density at radius 1 is 1.73 bits per heavy atom. The van der Waals surface area contributed by atoms with E-state index in [-0.39, 0.29) is 28.5 Å². The van der Waals surface area contributed by atoms with Crippen LogP contribution in [-0.4, -0.2) is 32.7 Å². The molecular weight excluding hydrogens is 333 g/mol. The summed E-state index contributed by atoms with van der Waals surface area (Å²) in [6, 6.07) is 1.34. The molecule has 22 heavy (non-hydrogen) atoms. The lowest BCUT2D eigenvalue weighted by Gasteiger charge is -2.26. The Bertz CT molecular complexity index is 614. The second kappa shape index (κ2) is 6.01. The third kappa shape index (κ3) is 3.11. The van der Waals surface area contributed by atoms with Crippen LogP contribution in [0.3, 0.4) is 0 Å². The van der Waals surface area contributed by atoms with Crippen molar-refractivity contribution < 1.29 is 18.4 Å². The third-order valence-corrected chi connectivity index (χ3v) is 5.21. The van der Waals surface area contributed by atoms with Crippen LogP contribution < -0.4 is 15.2 Å². The summed E-state index contributed by atoms with van der Waals surface area (Å²) < 4.78 is 34.6. The molecule has 0 radical (unpaired) electrons. The van der Waals surface area contributed by atoms with Crippen LogP contribution in [0.15, 0.2) is 6.07 Å². The Hall–Kier alpha value is -0.800. The van der Waals surface area contributed by atoms with Crippen molar-refractivity contribution in [1.29, 1.82) is 0 Å². The fourth-order valence-corrected chi connectivity index (χ4v) is 3.16. The number of nitrogens with one attached hydrogen (secondary N) is 1. The van der Waals surface area contributed by atoms with Crippen LogP contribution in [0.4, 0.5) is 4.39 Å². The molecule has 0 saturated heterocycles. The first kappa shape index (κ1) is 17.6. The van der Waals surface area contributed by atoms with Crippen LogP contribution in [0.1, 0.15) is 32.0 Å². The number of nitrogens with two attached hydrogens (primary N) is 1. The zero-order valence-electron chi connectivity index (χ0n) is 12.5. The molecule has 1 aromatic heterocycles. The monoisotopic (exact) mass is 351 g/mol. The van der Waals surface area contributed by atoms with E-state index in [0.29, 0.717) is 5.56 Å². The zero-order valence-corrected chi connectivity index (χ0v) is 14.1. The van der Waals surface area contributed by atoms with Gasteiger partial charge in [-0.1, -0.05) is 11.6 Å². The van der Waals surface area contributed by atoms with Gasteiger partial charge in [0.05, 0.1) is 23.1 Å². The van der Waals surface area contributed by atoms with E-state index in [1.165, 1.54) is 6.07 Å². The molecule has 0 spiro atoms. The highest BCUT2D eigenvalue weighted by molar-refractivity contribution is 7.83. The summed E-state index contributed by atoms with van der Waals surface area (Å²) in [5.74, 6) is -2.51. The maximum atomic E-state index is 14.0. The van der Waals surface area contributed by atoms with Crippen LogP contribution >= 0.6 is 11.6 Å². The number of halogens is 2. The minimum Gasteiger partial charge on any atom is -0.488 e. The van der Waals surface area contributed by atoms with E-state index in [1.807, 2.05) is 13.8 Å². The maximum Gasteiger partial charge on any atom is 0.262 e. The average molecular weight is 352 g/mol. The molecule has 124 valence electrons. The number of aromatic nitrogens is 1. The van der Waals surface area contributed by atoms with Gasteiger partial charge in [-0.15, -0.1) is 0 Å². The number of fused-ring (bicyclic) bond motifs is 1. The first-order chi connectivity index (χ1) is 10.1. The van der Waals surface area contributed by atoms with Gasteiger partial charge < -0.3 is 15.6 Å². The van der Waals surface area contributed by atoms with Crippen LogP contribution in [0, 0.1) is 0 Å². The summed E-state index contributed by atoms with van der Waals surface area (Å²) in [5, 5.41) is 9.47. The first-order valence-corrected chi connectivity index (χ1v) is 8.34. The summed E-state index contributed by atoms with van der Waals surface area (Å²) in [5.41, 5.74) is 4.57. The molecule has 0 amide bonds. The normalized spacial score (nSPS) is 24.7. The highest BCUT2D eigenvalue weighted by atomic mass is 35.5. The van der Waals surface area contributed by atoms with Crippen LogP contribution in [-0.2, 0) is 22.4 Å². The van der Waals surface area contributed by atoms with E-state index in [4.69, 9.17) is 22.1 Å². The third-order valence-electron chi connectivity index (χ3n) is 3.45. The predicted octanol–water partition coefficient (Wildman–Crippen LogP) is 1.08. The van der Waals surface area contributed by atoms with Gasteiger partial charge in [-0.2, -0.15) is 0 Å². The number of alkyl halides is 1. The van der Waals surface area contributed by atoms with Crippen molar-refractivity contribution in [1.82, 2.24) is 9.71 Å². The van der Waals surface area contributed by atoms with E-state index in [2.05, 4.69) is 9.71 Å². The molecule has 2 rings (SSSR count). The van der Waals surface area contributed by atoms with E-state index in [1.54, 1.807) is 6.92 Å². The lowest BCUT2D eigenvalue weighted by Crippen LogP contribution is -2.44. The summed E-state index contributed by atoms with van der Waals surface area (Å²) in [6.07, 6.45) is 0. The zero-order chi connectivity index (χ0) is 16.7. The van der Waals surface area contributed by atoms with Crippen LogP contribution in [0.2, 0.25) is 5.15 Å². The highest BCUT2D eigenvalue weighted by Gasteiger charge is 2.42. The molecule has 0 fully saturated rings.